The van der Waals surface area contributed by atoms with Gasteiger partial charge in [-0.25, -0.2) is 9.07 Å². The van der Waals surface area contributed by atoms with Gasteiger partial charge in [0.05, 0.1) is 0 Å². The van der Waals surface area contributed by atoms with E-state index in [0.717, 1.165) is 17.7 Å². The van der Waals surface area contributed by atoms with E-state index in [1.807, 2.05) is 12.1 Å². The standard InChI is InChI=1S/C22H19FN4O/c1-13-4-2-3-5-17(13)15-10-18-20(19(28)11-15)21(14-6-8-16(23)9-7-14)27-22(26-18)24-12-25-27/h2-9,12,15,21H,10-11H2,1H3,(H,24,25,26)/t15-,21-/m0/s1. The van der Waals surface area contributed by atoms with E-state index in [-0.39, 0.29) is 23.6 Å². The zero-order valence-electron chi connectivity index (χ0n) is 15.4. The summed E-state index contributed by atoms with van der Waals surface area (Å²) in [5.41, 5.74) is 4.81. The second kappa shape index (κ2) is 6.41. The van der Waals surface area contributed by atoms with Crippen LogP contribution < -0.4 is 5.32 Å². The second-order valence-electron chi connectivity index (χ2n) is 7.38. The smallest absolute Gasteiger partial charge is 0.226 e. The first kappa shape index (κ1) is 16.9. The van der Waals surface area contributed by atoms with Crippen LogP contribution in [0.25, 0.3) is 0 Å². The molecule has 0 spiro atoms. The molecule has 1 aliphatic carbocycles. The lowest BCUT2D eigenvalue weighted by molar-refractivity contribution is -0.116. The molecule has 1 aliphatic heterocycles. The van der Waals surface area contributed by atoms with Crippen LogP contribution in [-0.4, -0.2) is 20.5 Å². The number of nitrogens with zero attached hydrogens (tertiary/aromatic N) is 3. The van der Waals surface area contributed by atoms with E-state index in [4.69, 9.17) is 0 Å². The molecule has 1 N–H and O–H groups in total. The Labute approximate surface area is 161 Å². The summed E-state index contributed by atoms with van der Waals surface area (Å²) in [4.78, 5) is 17.6. The topological polar surface area (TPSA) is 59.8 Å². The molecule has 0 amide bonds. The van der Waals surface area contributed by atoms with E-state index in [0.29, 0.717) is 17.9 Å². The number of carbonyl (C=O) groups excluding carboxylic acids is 1. The molecule has 0 bridgehead atoms. The van der Waals surface area contributed by atoms with Crippen LogP contribution in [0.1, 0.15) is 41.5 Å². The summed E-state index contributed by atoms with van der Waals surface area (Å²) in [6.07, 6.45) is 2.66. The molecule has 2 aliphatic rings. The normalized spacial score (nSPS) is 21.1. The molecule has 2 aromatic carbocycles. The summed E-state index contributed by atoms with van der Waals surface area (Å²) < 4.78 is 15.2. The van der Waals surface area contributed by atoms with Crippen LogP contribution in [0.4, 0.5) is 10.3 Å². The van der Waals surface area contributed by atoms with Gasteiger partial charge < -0.3 is 5.32 Å². The Bertz CT molecular complexity index is 1100. The van der Waals surface area contributed by atoms with Gasteiger partial charge in [0.25, 0.3) is 0 Å². The predicted molar refractivity (Wildman–Crippen MR) is 103 cm³/mol. The van der Waals surface area contributed by atoms with Crippen molar-refractivity contribution in [3.8, 4) is 0 Å². The summed E-state index contributed by atoms with van der Waals surface area (Å²) in [5.74, 6) is 0.521. The molecule has 2 atom stereocenters. The number of nitrogens with one attached hydrogen (secondary N) is 1. The monoisotopic (exact) mass is 374 g/mol. The first-order valence-electron chi connectivity index (χ1n) is 9.35. The Balaban J connectivity index is 1.61. The number of allylic oxidation sites excluding steroid dienone is 2. The molecule has 6 heteroatoms. The average molecular weight is 374 g/mol. The Kier molecular flexibility index (Phi) is 3.86. The van der Waals surface area contributed by atoms with Crippen LogP contribution in [0, 0.1) is 12.7 Å². The zero-order valence-corrected chi connectivity index (χ0v) is 15.4. The number of ketones is 1. The number of hydrogen-bond acceptors (Lipinski definition) is 4. The van der Waals surface area contributed by atoms with Crippen molar-refractivity contribution in [1.29, 1.82) is 0 Å². The van der Waals surface area contributed by atoms with Crippen molar-refractivity contribution in [1.82, 2.24) is 14.8 Å². The third-order valence-electron chi connectivity index (χ3n) is 5.68. The molecule has 0 saturated carbocycles. The van der Waals surface area contributed by atoms with Gasteiger partial charge in [-0.15, -0.1) is 0 Å². The molecule has 1 aromatic heterocycles. The molecule has 5 rings (SSSR count). The number of hydrogen-bond donors (Lipinski definition) is 1. The molecular weight excluding hydrogens is 355 g/mol. The first-order valence-corrected chi connectivity index (χ1v) is 9.35. The lowest BCUT2D eigenvalue weighted by Crippen LogP contribution is -2.33. The second-order valence-corrected chi connectivity index (χ2v) is 7.38. The van der Waals surface area contributed by atoms with Crippen molar-refractivity contribution < 1.29 is 9.18 Å². The number of aromatic nitrogens is 3. The van der Waals surface area contributed by atoms with Gasteiger partial charge in [-0.2, -0.15) is 10.1 Å². The number of anilines is 1. The molecule has 2 heterocycles. The zero-order chi connectivity index (χ0) is 19.3. The van der Waals surface area contributed by atoms with E-state index in [1.165, 1.54) is 29.6 Å². The summed E-state index contributed by atoms with van der Waals surface area (Å²) >= 11 is 0. The third-order valence-corrected chi connectivity index (χ3v) is 5.68. The minimum absolute atomic E-state index is 0.0949. The maximum Gasteiger partial charge on any atom is 0.226 e. The highest BCUT2D eigenvalue weighted by molar-refractivity contribution is 6.00. The Morgan fingerprint density at radius 1 is 1.11 bits per heavy atom. The minimum atomic E-state index is -0.389. The summed E-state index contributed by atoms with van der Waals surface area (Å²) in [6, 6.07) is 14.1. The Morgan fingerprint density at radius 2 is 1.89 bits per heavy atom. The lowest BCUT2D eigenvalue weighted by atomic mass is 9.77. The summed E-state index contributed by atoms with van der Waals surface area (Å²) in [7, 11) is 0. The van der Waals surface area contributed by atoms with Gasteiger partial charge in [-0.1, -0.05) is 36.4 Å². The van der Waals surface area contributed by atoms with Crippen molar-refractivity contribution in [2.24, 2.45) is 0 Å². The fourth-order valence-electron chi connectivity index (χ4n) is 4.37. The van der Waals surface area contributed by atoms with Gasteiger partial charge in [0.2, 0.25) is 5.95 Å². The van der Waals surface area contributed by atoms with Gasteiger partial charge in [0, 0.05) is 17.7 Å². The van der Waals surface area contributed by atoms with E-state index < -0.39 is 0 Å². The molecule has 0 fully saturated rings. The van der Waals surface area contributed by atoms with Gasteiger partial charge in [0.15, 0.2) is 5.78 Å². The fourth-order valence-corrected chi connectivity index (χ4v) is 4.37. The van der Waals surface area contributed by atoms with Gasteiger partial charge >= 0.3 is 0 Å². The van der Waals surface area contributed by atoms with Crippen LogP contribution in [-0.2, 0) is 4.79 Å². The summed E-state index contributed by atoms with van der Waals surface area (Å²) in [6.45, 7) is 2.08. The number of fused-ring (bicyclic) bond motifs is 1. The molecule has 3 aromatic rings. The van der Waals surface area contributed by atoms with E-state index in [2.05, 4.69) is 34.5 Å². The lowest BCUT2D eigenvalue weighted by Gasteiger charge is -2.35. The van der Waals surface area contributed by atoms with Crippen molar-refractivity contribution >= 4 is 11.7 Å². The van der Waals surface area contributed by atoms with Crippen molar-refractivity contribution in [2.45, 2.75) is 31.7 Å². The highest BCUT2D eigenvalue weighted by Crippen LogP contribution is 2.44. The summed E-state index contributed by atoms with van der Waals surface area (Å²) in [5, 5.41) is 7.63. The van der Waals surface area contributed by atoms with Crippen LogP contribution in [0.5, 0.6) is 0 Å². The van der Waals surface area contributed by atoms with Gasteiger partial charge in [0.1, 0.15) is 18.2 Å². The molecule has 0 radical (unpaired) electrons. The number of aryl methyl sites for hydroxylation is 1. The maximum atomic E-state index is 13.5. The molecular formula is C22H19FN4O. The van der Waals surface area contributed by atoms with Crippen LogP contribution in [0.3, 0.4) is 0 Å². The minimum Gasteiger partial charge on any atom is -0.328 e. The highest BCUT2D eigenvalue weighted by atomic mass is 19.1. The molecule has 0 saturated heterocycles. The predicted octanol–water partition coefficient (Wildman–Crippen LogP) is 4.14. The number of carbonyl (C=O) groups is 1. The van der Waals surface area contributed by atoms with Gasteiger partial charge in [-0.05, 0) is 48.1 Å². The van der Waals surface area contributed by atoms with Crippen LogP contribution in [0.2, 0.25) is 0 Å². The van der Waals surface area contributed by atoms with Crippen LogP contribution >= 0.6 is 0 Å². The first-order chi connectivity index (χ1) is 13.6. The van der Waals surface area contributed by atoms with E-state index in [9.17, 15) is 9.18 Å². The number of Topliss-reactive ketones (excluding diaryl/α,β-unsaturated/α-hetero) is 1. The Morgan fingerprint density at radius 3 is 2.68 bits per heavy atom. The van der Waals surface area contributed by atoms with E-state index >= 15 is 0 Å². The van der Waals surface area contributed by atoms with Crippen molar-refractivity contribution in [3.05, 3.63) is 88.6 Å². The largest absolute Gasteiger partial charge is 0.328 e. The fraction of sp³-hybridized carbons (Fsp3) is 0.227. The average Bonchev–Trinajstić information content (AvgIpc) is 3.15. The number of benzene rings is 2. The van der Waals surface area contributed by atoms with Crippen LogP contribution in [0.15, 0.2) is 66.1 Å². The third kappa shape index (κ3) is 2.64. The van der Waals surface area contributed by atoms with Crippen molar-refractivity contribution in [2.75, 3.05) is 5.32 Å². The number of halogens is 1. The van der Waals surface area contributed by atoms with E-state index in [1.54, 1.807) is 16.8 Å². The Hall–Kier alpha value is -3.28. The quantitative estimate of drug-likeness (QED) is 0.732. The SMILES string of the molecule is Cc1ccccc1[C@@H]1CC(=O)C2=C(C1)Nc1ncnn1[C@H]2c1ccc(F)cc1. The highest BCUT2D eigenvalue weighted by Gasteiger charge is 2.39. The van der Waals surface area contributed by atoms with Crippen molar-refractivity contribution in [3.63, 3.8) is 0 Å². The molecule has 28 heavy (non-hydrogen) atoms. The molecule has 5 nitrogen and oxygen atoms in total. The number of rotatable bonds is 2. The van der Waals surface area contributed by atoms with Gasteiger partial charge in [-0.3, -0.25) is 4.79 Å². The molecule has 0 unspecified atom stereocenters. The molecule has 140 valence electrons. The maximum absolute atomic E-state index is 13.5.